The van der Waals surface area contributed by atoms with Crippen LogP contribution in [-0.2, 0) is 11.3 Å². The molecule has 0 radical (unpaired) electrons. The second-order valence-corrected chi connectivity index (χ2v) is 6.20. The maximum atomic E-state index is 6.05. The molecule has 1 fully saturated rings. The third-order valence-electron chi connectivity index (χ3n) is 3.90. The SMILES string of the molecule is CCNC(=NCc1ccc(Cl)cc1OCC)NCCN1CCOCC1. The molecule has 1 saturated heterocycles. The van der Waals surface area contributed by atoms with Crippen LogP contribution in [0.3, 0.4) is 0 Å². The lowest BCUT2D eigenvalue weighted by molar-refractivity contribution is 0.0389. The van der Waals surface area contributed by atoms with Crippen LogP contribution in [0.2, 0.25) is 5.02 Å². The molecule has 0 unspecified atom stereocenters. The Balaban J connectivity index is 1.90. The summed E-state index contributed by atoms with van der Waals surface area (Å²) in [6.45, 7) is 11.5. The predicted octanol–water partition coefficient (Wildman–Crippen LogP) is 2.13. The first-order valence-electron chi connectivity index (χ1n) is 8.96. The van der Waals surface area contributed by atoms with Crippen LogP contribution in [0.5, 0.6) is 5.75 Å². The number of guanidine groups is 1. The molecule has 2 rings (SSSR count). The van der Waals surface area contributed by atoms with Crippen LogP contribution >= 0.6 is 11.6 Å². The summed E-state index contributed by atoms with van der Waals surface area (Å²) in [7, 11) is 0. The number of benzene rings is 1. The lowest BCUT2D eigenvalue weighted by Gasteiger charge is -2.26. The fourth-order valence-electron chi connectivity index (χ4n) is 2.61. The molecular weight excluding hydrogens is 340 g/mol. The van der Waals surface area contributed by atoms with Crippen LogP contribution in [0.15, 0.2) is 23.2 Å². The Bertz CT molecular complexity index is 548. The number of hydrogen-bond donors (Lipinski definition) is 2. The van der Waals surface area contributed by atoms with Gasteiger partial charge in [0.15, 0.2) is 5.96 Å². The molecule has 2 N–H and O–H groups in total. The van der Waals surface area contributed by atoms with Crippen molar-refractivity contribution in [3.05, 3.63) is 28.8 Å². The van der Waals surface area contributed by atoms with Crippen molar-refractivity contribution >= 4 is 17.6 Å². The zero-order chi connectivity index (χ0) is 17.9. The summed E-state index contributed by atoms with van der Waals surface area (Å²) in [5.74, 6) is 1.61. The minimum atomic E-state index is 0.541. The van der Waals surface area contributed by atoms with Crippen molar-refractivity contribution < 1.29 is 9.47 Å². The van der Waals surface area contributed by atoms with Crippen LogP contribution in [0.4, 0.5) is 0 Å². The molecule has 6 nitrogen and oxygen atoms in total. The predicted molar refractivity (Wildman–Crippen MR) is 103 cm³/mol. The van der Waals surface area contributed by atoms with Crippen molar-refractivity contribution in [3.63, 3.8) is 0 Å². The standard InChI is InChI=1S/C18H29ClN4O2/c1-3-20-18(21-7-8-23-9-11-24-12-10-23)22-14-15-5-6-16(19)13-17(15)25-4-2/h5-6,13H,3-4,7-12,14H2,1-2H3,(H2,20,21,22). The number of ether oxygens (including phenoxy) is 2. The maximum Gasteiger partial charge on any atom is 0.191 e. The molecule has 1 aliphatic rings. The van der Waals surface area contributed by atoms with Crippen LogP contribution in [-0.4, -0.2) is 63.4 Å². The number of morpholine rings is 1. The molecule has 0 spiro atoms. The molecule has 0 aliphatic carbocycles. The van der Waals surface area contributed by atoms with Crippen LogP contribution in [0, 0.1) is 0 Å². The van der Waals surface area contributed by atoms with Gasteiger partial charge in [0, 0.05) is 43.3 Å². The van der Waals surface area contributed by atoms with Gasteiger partial charge in [-0.25, -0.2) is 4.99 Å². The molecule has 140 valence electrons. The Labute approximate surface area is 155 Å². The minimum absolute atomic E-state index is 0.541. The van der Waals surface area contributed by atoms with Crippen molar-refractivity contribution in [1.29, 1.82) is 0 Å². The van der Waals surface area contributed by atoms with Gasteiger partial charge in [0.05, 0.1) is 26.4 Å². The molecule has 7 heteroatoms. The van der Waals surface area contributed by atoms with Crippen molar-refractivity contribution in [1.82, 2.24) is 15.5 Å². The Hall–Kier alpha value is -1.50. The molecule has 0 atom stereocenters. The van der Waals surface area contributed by atoms with Crippen LogP contribution in [0.1, 0.15) is 19.4 Å². The summed E-state index contributed by atoms with van der Waals surface area (Å²) in [5.41, 5.74) is 1.02. The first kappa shape index (κ1) is 19.8. The molecule has 1 aliphatic heterocycles. The van der Waals surface area contributed by atoms with Gasteiger partial charge in [-0.1, -0.05) is 17.7 Å². The van der Waals surface area contributed by atoms with E-state index in [4.69, 9.17) is 21.1 Å². The molecule has 0 bridgehead atoms. The molecule has 0 aromatic heterocycles. The lowest BCUT2D eigenvalue weighted by Crippen LogP contribution is -2.44. The second kappa shape index (κ2) is 11.2. The van der Waals surface area contributed by atoms with Crippen LogP contribution in [0.25, 0.3) is 0 Å². The summed E-state index contributed by atoms with van der Waals surface area (Å²) < 4.78 is 11.0. The quantitative estimate of drug-likeness (QED) is 0.543. The van der Waals surface area contributed by atoms with E-state index < -0.39 is 0 Å². The summed E-state index contributed by atoms with van der Waals surface area (Å²) in [6.07, 6.45) is 0. The third-order valence-corrected chi connectivity index (χ3v) is 4.14. The fourth-order valence-corrected chi connectivity index (χ4v) is 2.77. The molecule has 1 aromatic rings. The Morgan fingerprint density at radius 1 is 1.28 bits per heavy atom. The van der Waals surface area contributed by atoms with E-state index in [0.29, 0.717) is 18.2 Å². The molecule has 0 saturated carbocycles. The van der Waals surface area contributed by atoms with Gasteiger partial charge in [0.2, 0.25) is 0 Å². The number of rotatable bonds is 8. The molecule has 1 heterocycles. The number of halogens is 1. The summed E-state index contributed by atoms with van der Waals surface area (Å²) >= 11 is 6.05. The van der Waals surface area contributed by atoms with E-state index >= 15 is 0 Å². The van der Waals surface area contributed by atoms with E-state index in [2.05, 4.69) is 27.4 Å². The Kier molecular flexibility index (Phi) is 8.86. The Morgan fingerprint density at radius 3 is 2.80 bits per heavy atom. The molecule has 25 heavy (non-hydrogen) atoms. The summed E-state index contributed by atoms with van der Waals surface area (Å²) in [6, 6.07) is 5.68. The average molecular weight is 369 g/mol. The van der Waals surface area contributed by atoms with Gasteiger partial charge in [0.1, 0.15) is 5.75 Å². The van der Waals surface area contributed by atoms with Gasteiger partial charge >= 0.3 is 0 Å². The highest BCUT2D eigenvalue weighted by molar-refractivity contribution is 6.30. The van der Waals surface area contributed by atoms with Gasteiger partial charge in [-0.15, -0.1) is 0 Å². The lowest BCUT2D eigenvalue weighted by atomic mass is 10.2. The highest BCUT2D eigenvalue weighted by Gasteiger charge is 2.10. The smallest absolute Gasteiger partial charge is 0.191 e. The van der Waals surface area contributed by atoms with Gasteiger partial charge in [0.25, 0.3) is 0 Å². The first-order valence-corrected chi connectivity index (χ1v) is 9.34. The van der Waals surface area contributed by atoms with Gasteiger partial charge in [-0.3, -0.25) is 4.90 Å². The van der Waals surface area contributed by atoms with Crippen molar-refractivity contribution in [2.45, 2.75) is 20.4 Å². The average Bonchev–Trinajstić information content (AvgIpc) is 2.62. The van der Waals surface area contributed by atoms with Crippen LogP contribution < -0.4 is 15.4 Å². The zero-order valence-electron chi connectivity index (χ0n) is 15.2. The Morgan fingerprint density at radius 2 is 2.08 bits per heavy atom. The molecule has 0 amide bonds. The van der Waals surface area contributed by atoms with Crippen molar-refractivity contribution in [2.24, 2.45) is 4.99 Å². The number of hydrogen-bond acceptors (Lipinski definition) is 4. The van der Waals surface area contributed by atoms with Crippen molar-refractivity contribution in [3.8, 4) is 5.75 Å². The van der Waals surface area contributed by atoms with E-state index in [-0.39, 0.29) is 0 Å². The van der Waals surface area contributed by atoms with E-state index in [1.807, 2.05) is 25.1 Å². The fraction of sp³-hybridized carbons (Fsp3) is 0.611. The van der Waals surface area contributed by atoms with E-state index in [1.54, 1.807) is 0 Å². The summed E-state index contributed by atoms with van der Waals surface area (Å²) in [4.78, 5) is 7.06. The molecule has 1 aromatic carbocycles. The molecular formula is C18H29ClN4O2. The first-order chi connectivity index (χ1) is 12.2. The highest BCUT2D eigenvalue weighted by Crippen LogP contribution is 2.24. The van der Waals surface area contributed by atoms with E-state index in [9.17, 15) is 0 Å². The van der Waals surface area contributed by atoms with E-state index in [1.165, 1.54) is 0 Å². The van der Waals surface area contributed by atoms with Gasteiger partial charge in [-0.05, 0) is 26.0 Å². The van der Waals surface area contributed by atoms with Crippen molar-refractivity contribution in [2.75, 3.05) is 52.5 Å². The van der Waals surface area contributed by atoms with Gasteiger partial charge < -0.3 is 20.1 Å². The largest absolute Gasteiger partial charge is 0.493 e. The topological polar surface area (TPSA) is 58.1 Å². The number of nitrogens with one attached hydrogen (secondary N) is 2. The maximum absolute atomic E-state index is 6.05. The second-order valence-electron chi connectivity index (χ2n) is 5.76. The number of nitrogens with zero attached hydrogens (tertiary/aromatic N) is 2. The monoisotopic (exact) mass is 368 g/mol. The summed E-state index contributed by atoms with van der Waals surface area (Å²) in [5, 5.41) is 7.35. The van der Waals surface area contributed by atoms with E-state index in [0.717, 1.165) is 63.2 Å². The van der Waals surface area contributed by atoms with Gasteiger partial charge in [-0.2, -0.15) is 0 Å². The minimum Gasteiger partial charge on any atom is -0.493 e. The highest BCUT2D eigenvalue weighted by atomic mass is 35.5. The zero-order valence-corrected chi connectivity index (χ0v) is 15.9. The number of aliphatic imine (C=N–C) groups is 1. The normalized spacial score (nSPS) is 15.9. The third kappa shape index (κ3) is 7.10.